The summed E-state index contributed by atoms with van der Waals surface area (Å²) in [4.78, 5) is 24.9. The van der Waals surface area contributed by atoms with Crippen molar-refractivity contribution in [2.75, 3.05) is 12.4 Å². The first-order valence-corrected chi connectivity index (χ1v) is 8.19. The topological polar surface area (TPSA) is 67.4 Å². The van der Waals surface area contributed by atoms with E-state index in [4.69, 9.17) is 16.3 Å². The Bertz CT molecular complexity index is 761. The molecule has 5 nitrogen and oxygen atoms in total. The van der Waals surface area contributed by atoms with Gasteiger partial charge in [0.2, 0.25) is 11.8 Å². The van der Waals surface area contributed by atoms with Crippen LogP contribution < -0.4 is 15.4 Å². The maximum atomic E-state index is 12.5. The smallest absolute Gasteiger partial charge is 0.239 e. The second-order valence-electron chi connectivity index (χ2n) is 6.10. The van der Waals surface area contributed by atoms with Crippen LogP contribution in [0.5, 0.6) is 5.75 Å². The monoisotopic (exact) mass is 360 g/mol. The first-order chi connectivity index (χ1) is 11.8. The molecule has 2 aromatic rings. The molecule has 25 heavy (non-hydrogen) atoms. The minimum Gasteiger partial charge on any atom is -0.495 e. The Kier molecular flexibility index (Phi) is 6.04. The zero-order chi connectivity index (χ0) is 18.4. The predicted molar refractivity (Wildman–Crippen MR) is 98.7 cm³/mol. The van der Waals surface area contributed by atoms with Crippen molar-refractivity contribution in [2.45, 2.75) is 20.4 Å². The van der Waals surface area contributed by atoms with E-state index in [1.165, 1.54) is 7.11 Å². The number of methoxy groups -OCH3 is 1. The number of nitrogens with one attached hydrogen (secondary N) is 2. The molecule has 0 aliphatic rings. The van der Waals surface area contributed by atoms with Gasteiger partial charge >= 0.3 is 0 Å². The Morgan fingerprint density at radius 3 is 2.36 bits per heavy atom. The van der Waals surface area contributed by atoms with Gasteiger partial charge in [-0.3, -0.25) is 9.59 Å². The molecule has 0 aliphatic heterocycles. The molecule has 2 amide bonds. The van der Waals surface area contributed by atoms with Gasteiger partial charge in [-0.05, 0) is 37.6 Å². The molecule has 0 atom stereocenters. The summed E-state index contributed by atoms with van der Waals surface area (Å²) in [6, 6.07) is 14.4. The van der Waals surface area contributed by atoms with Crippen LogP contribution in [0.25, 0.3) is 0 Å². The summed E-state index contributed by atoms with van der Waals surface area (Å²) in [5.74, 6) is -0.257. The Morgan fingerprint density at radius 1 is 1.08 bits per heavy atom. The van der Waals surface area contributed by atoms with Gasteiger partial charge in [0.1, 0.15) is 11.2 Å². The Labute approximate surface area is 152 Å². The minimum atomic E-state index is -1.23. The highest BCUT2D eigenvalue weighted by atomic mass is 35.5. The molecule has 0 aromatic heterocycles. The van der Waals surface area contributed by atoms with Crippen molar-refractivity contribution in [1.29, 1.82) is 0 Å². The number of carbonyl (C=O) groups is 2. The second-order valence-corrected chi connectivity index (χ2v) is 6.50. The fourth-order valence-electron chi connectivity index (χ4n) is 2.13. The summed E-state index contributed by atoms with van der Waals surface area (Å²) in [5, 5.41) is 5.88. The van der Waals surface area contributed by atoms with Gasteiger partial charge in [-0.15, -0.1) is 0 Å². The maximum absolute atomic E-state index is 12.5. The molecule has 132 valence electrons. The van der Waals surface area contributed by atoms with Crippen LogP contribution in [0.1, 0.15) is 19.4 Å². The largest absolute Gasteiger partial charge is 0.495 e. The molecule has 2 N–H and O–H groups in total. The van der Waals surface area contributed by atoms with Crippen molar-refractivity contribution in [1.82, 2.24) is 5.32 Å². The average Bonchev–Trinajstić information content (AvgIpc) is 2.60. The zero-order valence-electron chi connectivity index (χ0n) is 14.4. The highest BCUT2D eigenvalue weighted by Crippen LogP contribution is 2.28. The lowest BCUT2D eigenvalue weighted by Gasteiger charge is -2.23. The molecular formula is C19H21ClN2O3. The van der Waals surface area contributed by atoms with Crippen LogP contribution >= 0.6 is 11.6 Å². The lowest BCUT2D eigenvalue weighted by molar-refractivity contribution is -0.138. The summed E-state index contributed by atoms with van der Waals surface area (Å²) < 4.78 is 5.08. The van der Waals surface area contributed by atoms with Gasteiger partial charge in [0.15, 0.2) is 0 Å². The summed E-state index contributed by atoms with van der Waals surface area (Å²) in [6.45, 7) is 3.52. The Morgan fingerprint density at radius 2 is 1.76 bits per heavy atom. The van der Waals surface area contributed by atoms with Gasteiger partial charge < -0.3 is 15.4 Å². The third-order valence-corrected chi connectivity index (χ3v) is 4.14. The summed E-state index contributed by atoms with van der Waals surface area (Å²) >= 11 is 6.05. The van der Waals surface area contributed by atoms with Gasteiger partial charge in [-0.25, -0.2) is 0 Å². The van der Waals surface area contributed by atoms with E-state index in [1.807, 2.05) is 30.3 Å². The number of hydrogen-bond acceptors (Lipinski definition) is 3. The van der Waals surface area contributed by atoms with E-state index < -0.39 is 11.3 Å². The number of ether oxygens (including phenoxy) is 1. The number of benzene rings is 2. The fourth-order valence-corrected chi connectivity index (χ4v) is 2.39. The normalized spacial score (nSPS) is 10.9. The van der Waals surface area contributed by atoms with Gasteiger partial charge in [0, 0.05) is 12.2 Å². The third-order valence-electron chi connectivity index (χ3n) is 3.84. The molecule has 6 heteroatoms. The number of hydrogen-bond donors (Lipinski definition) is 2. The van der Waals surface area contributed by atoms with Crippen LogP contribution in [-0.4, -0.2) is 18.9 Å². The first kappa shape index (κ1) is 18.8. The molecule has 0 unspecified atom stereocenters. The van der Waals surface area contributed by atoms with Crippen LogP contribution in [0.3, 0.4) is 0 Å². The van der Waals surface area contributed by atoms with E-state index in [0.29, 0.717) is 23.0 Å². The van der Waals surface area contributed by atoms with Gasteiger partial charge in [0.05, 0.1) is 12.1 Å². The average molecular weight is 361 g/mol. The number of rotatable bonds is 6. The van der Waals surface area contributed by atoms with E-state index in [9.17, 15) is 9.59 Å². The molecule has 0 saturated heterocycles. The van der Waals surface area contributed by atoms with E-state index in [2.05, 4.69) is 10.6 Å². The quantitative estimate of drug-likeness (QED) is 0.773. The van der Waals surface area contributed by atoms with Crippen molar-refractivity contribution >= 4 is 29.1 Å². The van der Waals surface area contributed by atoms with Crippen molar-refractivity contribution in [2.24, 2.45) is 5.41 Å². The molecule has 0 fully saturated rings. The maximum Gasteiger partial charge on any atom is 0.239 e. The predicted octanol–water partition coefficient (Wildman–Crippen LogP) is 3.63. The molecule has 2 rings (SSSR count). The molecule has 0 spiro atoms. The molecular weight excluding hydrogens is 340 g/mol. The van der Waals surface area contributed by atoms with E-state index >= 15 is 0 Å². The van der Waals surface area contributed by atoms with Crippen molar-refractivity contribution < 1.29 is 14.3 Å². The molecule has 0 saturated carbocycles. The minimum absolute atomic E-state index is 0.353. The molecule has 0 heterocycles. The van der Waals surface area contributed by atoms with Crippen molar-refractivity contribution in [3.63, 3.8) is 0 Å². The molecule has 0 aliphatic carbocycles. The van der Waals surface area contributed by atoms with E-state index in [-0.39, 0.29) is 5.91 Å². The summed E-state index contributed by atoms with van der Waals surface area (Å²) in [7, 11) is 1.51. The first-order valence-electron chi connectivity index (χ1n) is 7.82. The highest BCUT2D eigenvalue weighted by Gasteiger charge is 2.36. The highest BCUT2D eigenvalue weighted by molar-refractivity contribution is 6.32. The summed E-state index contributed by atoms with van der Waals surface area (Å²) in [5.41, 5.74) is 0.231. The lowest BCUT2D eigenvalue weighted by Crippen LogP contribution is -2.44. The summed E-state index contributed by atoms with van der Waals surface area (Å²) in [6.07, 6.45) is 0. The zero-order valence-corrected chi connectivity index (χ0v) is 15.2. The Hall–Kier alpha value is -2.53. The van der Waals surface area contributed by atoms with Gasteiger partial charge in [-0.2, -0.15) is 0 Å². The standard InChI is InChI=1S/C19H21ClN2O3/c1-19(2,17(23)21-12-13-7-5-4-6-8-13)18(24)22-14-9-10-16(25-3)15(20)11-14/h4-11H,12H2,1-3H3,(H,21,23)(H,22,24). The number of carbonyl (C=O) groups excluding carboxylic acids is 2. The SMILES string of the molecule is COc1ccc(NC(=O)C(C)(C)C(=O)NCc2ccccc2)cc1Cl. The van der Waals surface area contributed by atoms with Crippen LogP contribution in [0.15, 0.2) is 48.5 Å². The van der Waals surface area contributed by atoms with E-state index in [1.54, 1.807) is 32.0 Å². The number of amides is 2. The van der Waals surface area contributed by atoms with Crippen molar-refractivity contribution in [3.05, 3.63) is 59.1 Å². The van der Waals surface area contributed by atoms with Crippen LogP contribution in [0.4, 0.5) is 5.69 Å². The molecule has 0 radical (unpaired) electrons. The van der Waals surface area contributed by atoms with Gasteiger partial charge in [0.25, 0.3) is 0 Å². The van der Waals surface area contributed by atoms with Crippen molar-refractivity contribution in [3.8, 4) is 5.75 Å². The number of anilines is 1. The van der Waals surface area contributed by atoms with Crippen LogP contribution in [-0.2, 0) is 16.1 Å². The number of halogens is 1. The Balaban J connectivity index is 2.01. The van der Waals surface area contributed by atoms with Crippen LogP contribution in [0, 0.1) is 5.41 Å². The van der Waals surface area contributed by atoms with Crippen LogP contribution in [0.2, 0.25) is 5.02 Å². The third kappa shape index (κ3) is 4.73. The molecule has 2 aromatic carbocycles. The van der Waals surface area contributed by atoms with Gasteiger partial charge in [-0.1, -0.05) is 41.9 Å². The van der Waals surface area contributed by atoms with E-state index in [0.717, 1.165) is 5.56 Å². The second kappa shape index (κ2) is 8.03. The molecule has 0 bridgehead atoms. The lowest BCUT2D eigenvalue weighted by atomic mass is 9.90. The fraction of sp³-hybridized carbons (Fsp3) is 0.263.